The van der Waals surface area contributed by atoms with E-state index in [9.17, 15) is 4.39 Å². The summed E-state index contributed by atoms with van der Waals surface area (Å²) in [5, 5.41) is 8.83. The molecule has 0 saturated heterocycles. The van der Waals surface area contributed by atoms with E-state index >= 15 is 0 Å². The van der Waals surface area contributed by atoms with Gasteiger partial charge in [-0.1, -0.05) is 12.1 Å². The lowest BCUT2D eigenvalue weighted by molar-refractivity contribution is 0.412. The Kier molecular flexibility index (Phi) is 1.85. The van der Waals surface area contributed by atoms with E-state index in [4.69, 9.17) is 5.11 Å². The zero-order valence-electron chi connectivity index (χ0n) is 6.63. The molecular formula is C10H10FO. The van der Waals surface area contributed by atoms with Crippen molar-refractivity contribution in [2.24, 2.45) is 0 Å². The highest BCUT2D eigenvalue weighted by atomic mass is 19.1. The largest absolute Gasteiger partial charge is 0.385 e. The van der Waals surface area contributed by atoms with Crippen LogP contribution < -0.4 is 0 Å². The van der Waals surface area contributed by atoms with Gasteiger partial charge in [-0.3, -0.25) is 0 Å². The third-order valence-electron chi connectivity index (χ3n) is 2.21. The SMILES string of the molecule is O[CH]c1cccc(F)c1C1CC1. The first-order valence-corrected chi connectivity index (χ1v) is 4.09. The zero-order chi connectivity index (χ0) is 8.55. The van der Waals surface area contributed by atoms with Crippen LogP contribution in [0.1, 0.15) is 29.9 Å². The van der Waals surface area contributed by atoms with Gasteiger partial charge in [0.05, 0.1) is 0 Å². The van der Waals surface area contributed by atoms with Crippen LogP contribution in [-0.2, 0) is 0 Å². The second-order valence-corrected chi connectivity index (χ2v) is 3.15. The van der Waals surface area contributed by atoms with E-state index in [-0.39, 0.29) is 5.82 Å². The number of benzene rings is 1. The number of hydrogen-bond acceptors (Lipinski definition) is 1. The van der Waals surface area contributed by atoms with Crippen LogP contribution in [0, 0.1) is 12.4 Å². The molecule has 63 valence electrons. The molecule has 0 spiro atoms. The Bertz CT molecular complexity index is 292. The normalized spacial score (nSPS) is 16.5. The molecule has 0 amide bonds. The summed E-state index contributed by atoms with van der Waals surface area (Å²) in [5.74, 6) is 0.143. The Balaban J connectivity index is 2.45. The maximum Gasteiger partial charge on any atom is 0.127 e. The molecule has 0 aliphatic heterocycles. The summed E-state index contributed by atoms with van der Waals surface area (Å²) in [7, 11) is 0. The summed E-state index contributed by atoms with van der Waals surface area (Å²) in [5.41, 5.74) is 1.30. The molecule has 1 fully saturated rings. The van der Waals surface area contributed by atoms with Crippen molar-refractivity contribution >= 4 is 0 Å². The van der Waals surface area contributed by atoms with Gasteiger partial charge in [-0.15, -0.1) is 0 Å². The Labute approximate surface area is 70.8 Å². The van der Waals surface area contributed by atoms with Gasteiger partial charge in [0.25, 0.3) is 0 Å². The fourth-order valence-corrected chi connectivity index (χ4v) is 1.47. The molecule has 1 aromatic rings. The van der Waals surface area contributed by atoms with Gasteiger partial charge in [-0.05, 0) is 36.0 Å². The maximum atomic E-state index is 13.2. The highest BCUT2D eigenvalue weighted by Gasteiger charge is 2.28. The molecule has 1 aromatic carbocycles. The molecular weight excluding hydrogens is 155 g/mol. The van der Waals surface area contributed by atoms with Crippen molar-refractivity contribution in [2.75, 3.05) is 0 Å². The Morgan fingerprint density at radius 1 is 1.42 bits per heavy atom. The first-order valence-electron chi connectivity index (χ1n) is 4.09. The van der Waals surface area contributed by atoms with E-state index in [2.05, 4.69) is 0 Å². The predicted octanol–water partition coefficient (Wildman–Crippen LogP) is 2.59. The van der Waals surface area contributed by atoms with E-state index < -0.39 is 0 Å². The summed E-state index contributed by atoms with van der Waals surface area (Å²) in [4.78, 5) is 0. The van der Waals surface area contributed by atoms with Crippen LogP contribution in [0.2, 0.25) is 0 Å². The topological polar surface area (TPSA) is 20.2 Å². The fraction of sp³-hybridized carbons (Fsp3) is 0.300. The maximum absolute atomic E-state index is 13.2. The Morgan fingerprint density at radius 3 is 2.75 bits per heavy atom. The van der Waals surface area contributed by atoms with Gasteiger partial charge in [0.1, 0.15) is 12.4 Å². The monoisotopic (exact) mass is 165 g/mol. The smallest absolute Gasteiger partial charge is 0.127 e. The van der Waals surface area contributed by atoms with E-state index in [1.807, 2.05) is 0 Å². The standard InChI is InChI=1S/C10H10FO/c11-9-3-1-2-8(6-12)10(9)7-4-5-7/h1-3,6-7,12H,4-5H2. The molecule has 1 aliphatic carbocycles. The highest BCUT2D eigenvalue weighted by Crippen LogP contribution is 2.43. The van der Waals surface area contributed by atoms with Crippen molar-refractivity contribution < 1.29 is 9.50 Å². The van der Waals surface area contributed by atoms with Gasteiger partial charge in [-0.2, -0.15) is 0 Å². The lowest BCUT2D eigenvalue weighted by Crippen LogP contribution is -1.94. The second-order valence-electron chi connectivity index (χ2n) is 3.15. The van der Waals surface area contributed by atoms with Crippen LogP contribution in [0.4, 0.5) is 4.39 Å². The average molecular weight is 165 g/mol. The Morgan fingerprint density at radius 2 is 2.17 bits per heavy atom. The molecule has 1 radical (unpaired) electrons. The minimum atomic E-state index is -0.194. The van der Waals surface area contributed by atoms with Crippen LogP contribution in [0.3, 0.4) is 0 Å². The Hall–Kier alpha value is -0.890. The quantitative estimate of drug-likeness (QED) is 0.714. The third-order valence-corrected chi connectivity index (χ3v) is 2.21. The molecule has 0 bridgehead atoms. The van der Waals surface area contributed by atoms with Gasteiger partial charge in [-0.25, -0.2) is 4.39 Å². The van der Waals surface area contributed by atoms with Gasteiger partial charge >= 0.3 is 0 Å². The number of hydrogen-bond donors (Lipinski definition) is 1. The number of aliphatic hydroxyl groups is 1. The lowest BCUT2D eigenvalue weighted by atomic mass is 10.0. The molecule has 0 heterocycles. The van der Waals surface area contributed by atoms with Crippen molar-refractivity contribution in [2.45, 2.75) is 18.8 Å². The average Bonchev–Trinajstić information content (AvgIpc) is 2.87. The van der Waals surface area contributed by atoms with Gasteiger partial charge in [0.2, 0.25) is 0 Å². The van der Waals surface area contributed by atoms with E-state index in [1.165, 1.54) is 6.07 Å². The van der Waals surface area contributed by atoms with E-state index in [1.54, 1.807) is 12.1 Å². The van der Waals surface area contributed by atoms with Crippen molar-refractivity contribution in [3.8, 4) is 0 Å². The summed E-state index contributed by atoms with van der Waals surface area (Å²) in [6.07, 6.45) is 2.09. The van der Waals surface area contributed by atoms with Crippen molar-refractivity contribution in [1.29, 1.82) is 0 Å². The summed E-state index contributed by atoms with van der Waals surface area (Å²) < 4.78 is 13.2. The molecule has 1 nitrogen and oxygen atoms in total. The van der Waals surface area contributed by atoms with Crippen LogP contribution in [0.15, 0.2) is 18.2 Å². The summed E-state index contributed by atoms with van der Waals surface area (Å²) >= 11 is 0. The minimum absolute atomic E-state index is 0.194. The fourth-order valence-electron chi connectivity index (χ4n) is 1.47. The van der Waals surface area contributed by atoms with Crippen molar-refractivity contribution in [1.82, 2.24) is 0 Å². The first kappa shape index (κ1) is 7.74. The molecule has 1 N–H and O–H groups in total. The third kappa shape index (κ3) is 1.23. The summed E-state index contributed by atoms with van der Waals surface area (Å²) in [6, 6.07) is 4.79. The second kappa shape index (κ2) is 2.87. The first-order chi connectivity index (χ1) is 5.83. The molecule has 2 rings (SSSR count). The highest BCUT2D eigenvalue weighted by molar-refractivity contribution is 5.37. The molecule has 0 atom stereocenters. The number of halogens is 1. The predicted molar refractivity (Wildman–Crippen MR) is 43.7 cm³/mol. The van der Waals surface area contributed by atoms with E-state index in [0.29, 0.717) is 17.0 Å². The molecule has 2 heteroatoms. The van der Waals surface area contributed by atoms with Crippen LogP contribution >= 0.6 is 0 Å². The molecule has 12 heavy (non-hydrogen) atoms. The lowest BCUT2D eigenvalue weighted by Gasteiger charge is -2.05. The molecule has 1 aliphatic rings. The molecule has 0 unspecified atom stereocenters. The van der Waals surface area contributed by atoms with Crippen LogP contribution in [0.25, 0.3) is 0 Å². The van der Waals surface area contributed by atoms with Gasteiger partial charge < -0.3 is 5.11 Å². The summed E-state index contributed by atoms with van der Waals surface area (Å²) in [6.45, 7) is 0.983. The van der Waals surface area contributed by atoms with Crippen LogP contribution in [-0.4, -0.2) is 5.11 Å². The number of rotatable bonds is 2. The van der Waals surface area contributed by atoms with Gasteiger partial charge in [0, 0.05) is 0 Å². The van der Waals surface area contributed by atoms with E-state index in [0.717, 1.165) is 19.4 Å². The van der Waals surface area contributed by atoms with Crippen molar-refractivity contribution in [3.05, 3.63) is 41.8 Å². The molecule has 0 aromatic heterocycles. The van der Waals surface area contributed by atoms with Crippen molar-refractivity contribution in [3.63, 3.8) is 0 Å². The van der Waals surface area contributed by atoms with Crippen LogP contribution in [0.5, 0.6) is 0 Å². The minimum Gasteiger partial charge on any atom is -0.385 e. The van der Waals surface area contributed by atoms with Gasteiger partial charge in [0.15, 0.2) is 0 Å². The molecule has 1 saturated carbocycles. The number of aliphatic hydroxyl groups excluding tert-OH is 1. The zero-order valence-corrected chi connectivity index (χ0v) is 6.63.